The molecule has 1 saturated carbocycles. The van der Waals surface area contributed by atoms with Gasteiger partial charge in [0.15, 0.2) is 0 Å². The summed E-state index contributed by atoms with van der Waals surface area (Å²) in [6.45, 7) is 14.7. The molecule has 0 amide bonds. The predicted molar refractivity (Wildman–Crippen MR) is 158 cm³/mol. The van der Waals surface area contributed by atoms with Crippen molar-refractivity contribution < 1.29 is 0 Å². The van der Waals surface area contributed by atoms with Crippen LogP contribution in [0.25, 0.3) is 22.4 Å². The molecule has 0 heterocycles. The summed E-state index contributed by atoms with van der Waals surface area (Å²) >= 11 is 0. The fourth-order valence-corrected chi connectivity index (χ4v) is 5.77. The van der Waals surface area contributed by atoms with Gasteiger partial charge in [0.2, 0.25) is 0 Å². The van der Waals surface area contributed by atoms with Crippen molar-refractivity contribution in [2.45, 2.75) is 72.1 Å². The van der Waals surface area contributed by atoms with Crippen LogP contribution in [0, 0.1) is 11.8 Å². The third kappa shape index (κ3) is 7.07. The summed E-state index contributed by atoms with van der Waals surface area (Å²) in [5.74, 6) is 1.21. The number of rotatable bonds is 9. The second-order valence-corrected chi connectivity index (χ2v) is 10.0. The first kappa shape index (κ1) is 26.7. The predicted octanol–water partition coefficient (Wildman–Crippen LogP) is 10.9. The Morgan fingerprint density at radius 2 is 1.69 bits per heavy atom. The van der Waals surface area contributed by atoms with Crippen LogP contribution in [0.1, 0.15) is 83.3 Å². The number of allylic oxidation sites excluding steroid dienone is 9. The van der Waals surface area contributed by atoms with Crippen LogP contribution in [0.5, 0.6) is 0 Å². The number of hydrogen-bond donors (Lipinski definition) is 0. The lowest BCUT2D eigenvalue weighted by atomic mass is 9.74. The lowest BCUT2D eigenvalue weighted by Crippen LogP contribution is -2.19. The number of hydrogen-bond acceptors (Lipinski definition) is 0. The standard InChI is InChI=1S/C35H44/c1-6-9-13-22-32(29-19-14-11-10-12-15-20-29)34(27(4)8-3)26-28(5)35-31(18-7-2)25-24-30-21-16-17-23-33(30)35/h6-9,13,16-18,21,23-26,29,32H,1,3,10-12,14-15,19-20,22H2,2,4-5H3/b13-9+,18-7-,28-26+,34-27+. The average molecular weight is 465 g/mol. The van der Waals surface area contributed by atoms with E-state index in [1.54, 1.807) is 0 Å². The maximum atomic E-state index is 4.18. The molecule has 3 rings (SSSR count). The van der Waals surface area contributed by atoms with Crippen molar-refractivity contribution in [3.63, 3.8) is 0 Å². The quantitative estimate of drug-likeness (QED) is 0.324. The van der Waals surface area contributed by atoms with Gasteiger partial charge in [0, 0.05) is 0 Å². The van der Waals surface area contributed by atoms with E-state index in [4.69, 9.17) is 0 Å². The topological polar surface area (TPSA) is 0 Å². The molecule has 1 unspecified atom stereocenters. The van der Waals surface area contributed by atoms with E-state index in [9.17, 15) is 0 Å². The van der Waals surface area contributed by atoms with E-state index in [1.807, 2.05) is 6.08 Å². The molecule has 0 radical (unpaired) electrons. The Hall–Kier alpha value is -2.86. The van der Waals surface area contributed by atoms with Gasteiger partial charge in [-0.15, -0.1) is 0 Å². The summed E-state index contributed by atoms with van der Waals surface area (Å²) in [5.41, 5.74) is 6.71. The molecular formula is C35H44. The summed E-state index contributed by atoms with van der Waals surface area (Å²) in [5, 5.41) is 2.61. The monoisotopic (exact) mass is 464 g/mol. The first-order chi connectivity index (χ1) is 17.1. The van der Waals surface area contributed by atoms with Crippen LogP contribution < -0.4 is 0 Å². The molecule has 0 heteroatoms. The van der Waals surface area contributed by atoms with Crippen LogP contribution >= 0.6 is 0 Å². The van der Waals surface area contributed by atoms with Crippen molar-refractivity contribution in [2.75, 3.05) is 0 Å². The molecule has 1 fully saturated rings. The first-order valence-electron chi connectivity index (χ1n) is 13.5. The van der Waals surface area contributed by atoms with Crippen LogP contribution in [0.4, 0.5) is 0 Å². The van der Waals surface area contributed by atoms with E-state index < -0.39 is 0 Å². The highest BCUT2D eigenvalue weighted by atomic mass is 14.3. The Morgan fingerprint density at radius 3 is 2.37 bits per heavy atom. The van der Waals surface area contributed by atoms with Crippen LogP contribution in [0.3, 0.4) is 0 Å². The van der Waals surface area contributed by atoms with Gasteiger partial charge in [-0.1, -0.05) is 124 Å². The molecule has 184 valence electrons. The van der Waals surface area contributed by atoms with Crippen molar-refractivity contribution in [1.82, 2.24) is 0 Å². The highest BCUT2D eigenvalue weighted by Gasteiger charge is 2.25. The fourth-order valence-electron chi connectivity index (χ4n) is 5.77. The second-order valence-electron chi connectivity index (χ2n) is 10.0. The van der Waals surface area contributed by atoms with Gasteiger partial charge in [-0.2, -0.15) is 0 Å². The van der Waals surface area contributed by atoms with Crippen molar-refractivity contribution in [1.29, 1.82) is 0 Å². The SMILES string of the molecule is C=C/C=C/CC(C(/C=C(\C)c1c(/C=C\C)ccc2ccccc12)=C(\C)C=C)C1CCCCCCC1. The first-order valence-corrected chi connectivity index (χ1v) is 13.5. The zero-order valence-electron chi connectivity index (χ0n) is 22.2. The number of fused-ring (bicyclic) bond motifs is 1. The highest BCUT2D eigenvalue weighted by molar-refractivity contribution is 5.97. The third-order valence-electron chi connectivity index (χ3n) is 7.62. The summed E-state index contributed by atoms with van der Waals surface area (Å²) in [6, 6.07) is 13.3. The smallest absolute Gasteiger partial charge is 0.00761 e. The maximum absolute atomic E-state index is 4.18. The Kier molecular flexibility index (Phi) is 10.6. The van der Waals surface area contributed by atoms with E-state index in [0.29, 0.717) is 11.8 Å². The molecule has 0 bridgehead atoms. The van der Waals surface area contributed by atoms with Crippen LogP contribution in [-0.4, -0.2) is 0 Å². The minimum absolute atomic E-state index is 0.498. The largest absolute Gasteiger partial charge is 0.0991 e. The second kappa shape index (κ2) is 13.9. The lowest BCUT2D eigenvalue weighted by Gasteiger charge is -2.31. The summed E-state index contributed by atoms with van der Waals surface area (Å²) < 4.78 is 0. The molecule has 1 aliphatic carbocycles. The van der Waals surface area contributed by atoms with Gasteiger partial charge in [0.1, 0.15) is 0 Å². The Morgan fingerprint density at radius 1 is 0.971 bits per heavy atom. The normalized spacial score (nSPS) is 17.9. The molecule has 0 spiro atoms. The lowest BCUT2D eigenvalue weighted by molar-refractivity contribution is 0.298. The van der Waals surface area contributed by atoms with Crippen molar-refractivity contribution in [3.05, 3.63) is 108 Å². The minimum atomic E-state index is 0.498. The molecular weight excluding hydrogens is 420 g/mol. The highest BCUT2D eigenvalue weighted by Crippen LogP contribution is 2.39. The summed E-state index contributed by atoms with van der Waals surface area (Å²) in [4.78, 5) is 0. The number of benzene rings is 2. The zero-order valence-corrected chi connectivity index (χ0v) is 22.2. The Balaban J connectivity index is 2.15. The average Bonchev–Trinajstić information content (AvgIpc) is 2.85. The molecule has 0 N–H and O–H groups in total. The van der Waals surface area contributed by atoms with Gasteiger partial charge in [-0.3, -0.25) is 0 Å². The van der Waals surface area contributed by atoms with Crippen molar-refractivity contribution in [3.8, 4) is 0 Å². The van der Waals surface area contributed by atoms with Gasteiger partial charge in [-0.25, -0.2) is 0 Å². The van der Waals surface area contributed by atoms with Gasteiger partial charge >= 0.3 is 0 Å². The Labute approximate surface area is 214 Å². The molecule has 2 aromatic carbocycles. The molecule has 0 aliphatic heterocycles. The van der Waals surface area contributed by atoms with E-state index >= 15 is 0 Å². The van der Waals surface area contributed by atoms with Gasteiger partial charge < -0.3 is 0 Å². The van der Waals surface area contributed by atoms with Crippen LogP contribution in [-0.2, 0) is 0 Å². The molecule has 1 atom stereocenters. The fraction of sp³-hybridized carbons (Fsp3) is 0.371. The minimum Gasteiger partial charge on any atom is -0.0991 e. The maximum Gasteiger partial charge on any atom is -0.00761 e. The van der Waals surface area contributed by atoms with Crippen LogP contribution in [0.15, 0.2) is 97.2 Å². The Bertz CT molecular complexity index is 1110. The van der Waals surface area contributed by atoms with E-state index in [2.05, 4.69) is 107 Å². The summed E-state index contributed by atoms with van der Waals surface area (Å²) in [6.07, 6.45) is 25.8. The van der Waals surface area contributed by atoms with Gasteiger partial charge in [0.05, 0.1) is 0 Å². The van der Waals surface area contributed by atoms with Crippen molar-refractivity contribution in [2.24, 2.45) is 11.8 Å². The molecule has 0 nitrogen and oxygen atoms in total. The summed E-state index contributed by atoms with van der Waals surface area (Å²) in [7, 11) is 0. The molecule has 0 aromatic heterocycles. The van der Waals surface area contributed by atoms with E-state index in [-0.39, 0.29) is 0 Å². The molecule has 35 heavy (non-hydrogen) atoms. The third-order valence-corrected chi connectivity index (χ3v) is 7.62. The van der Waals surface area contributed by atoms with E-state index in [1.165, 1.54) is 83.6 Å². The zero-order chi connectivity index (χ0) is 25.0. The van der Waals surface area contributed by atoms with Crippen molar-refractivity contribution >= 4 is 22.4 Å². The van der Waals surface area contributed by atoms with Crippen LogP contribution in [0.2, 0.25) is 0 Å². The van der Waals surface area contributed by atoms with Gasteiger partial charge in [-0.05, 0) is 90.5 Å². The van der Waals surface area contributed by atoms with Gasteiger partial charge in [0.25, 0.3) is 0 Å². The van der Waals surface area contributed by atoms with E-state index in [0.717, 1.165) is 6.42 Å². The molecule has 2 aromatic rings. The molecule has 0 saturated heterocycles. The molecule has 1 aliphatic rings.